The predicted octanol–water partition coefficient (Wildman–Crippen LogP) is 3.10. The summed E-state index contributed by atoms with van der Waals surface area (Å²) in [7, 11) is 0. The molecule has 2 nitrogen and oxygen atoms in total. The van der Waals surface area contributed by atoms with Crippen molar-refractivity contribution < 1.29 is 9.18 Å². The molecule has 98 valence electrons. The number of carbonyl (C=O) groups excluding carboxylic acids is 1. The molecule has 0 saturated carbocycles. The van der Waals surface area contributed by atoms with Crippen molar-refractivity contribution in [1.29, 1.82) is 0 Å². The van der Waals surface area contributed by atoms with E-state index in [1.54, 1.807) is 17.0 Å². The zero-order chi connectivity index (χ0) is 13.1. The highest BCUT2D eigenvalue weighted by Crippen LogP contribution is 2.23. The van der Waals surface area contributed by atoms with Gasteiger partial charge >= 0.3 is 0 Å². The van der Waals surface area contributed by atoms with Crippen molar-refractivity contribution in [2.45, 2.75) is 25.5 Å². The Bertz CT molecular complexity index is 449. The SMILES string of the molecule is CCC1CN(C(=O)c2ccc(C)cc2F)CCS1. The number of aryl methyl sites for hydroxylation is 1. The average molecular weight is 267 g/mol. The molecular formula is C14H18FNOS. The molecule has 0 bridgehead atoms. The van der Waals surface area contributed by atoms with E-state index in [1.807, 2.05) is 18.7 Å². The van der Waals surface area contributed by atoms with Crippen molar-refractivity contribution in [3.05, 3.63) is 35.1 Å². The maximum Gasteiger partial charge on any atom is 0.256 e. The normalized spacial score (nSPS) is 19.9. The van der Waals surface area contributed by atoms with Gasteiger partial charge in [0.1, 0.15) is 5.82 Å². The number of hydrogen-bond acceptors (Lipinski definition) is 2. The van der Waals surface area contributed by atoms with Gasteiger partial charge in [0.05, 0.1) is 5.56 Å². The summed E-state index contributed by atoms with van der Waals surface area (Å²) < 4.78 is 13.8. The van der Waals surface area contributed by atoms with E-state index in [4.69, 9.17) is 0 Å². The van der Waals surface area contributed by atoms with Gasteiger partial charge in [-0.25, -0.2) is 4.39 Å². The van der Waals surface area contributed by atoms with Crippen molar-refractivity contribution in [3.8, 4) is 0 Å². The molecule has 1 aliphatic heterocycles. The Morgan fingerprint density at radius 1 is 1.56 bits per heavy atom. The minimum Gasteiger partial charge on any atom is -0.337 e. The van der Waals surface area contributed by atoms with Crippen molar-refractivity contribution in [3.63, 3.8) is 0 Å². The molecule has 1 aliphatic rings. The van der Waals surface area contributed by atoms with Gasteiger partial charge in [0, 0.05) is 24.1 Å². The number of benzene rings is 1. The van der Waals surface area contributed by atoms with E-state index < -0.39 is 5.82 Å². The van der Waals surface area contributed by atoms with Gasteiger partial charge in [0.2, 0.25) is 0 Å². The first-order chi connectivity index (χ1) is 8.61. The molecule has 0 aliphatic carbocycles. The summed E-state index contributed by atoms with van der Waals surface area (Å²) in [5.41, 5.74) is 1.03. The van der Waals surface area contributed by atoms with Crippen LogP contribution >= 0.6 is 11.8 Å². The summed E-state index contributed by atoms with van der Waals surface area (Å²) >= 11 is 1.90. The Morgan fingerprint density at radius 2 is 2.33 bits per heavy atom. The predicted molar refractivity (Wildman–Crippen MR) is 73.6 cm³/mol. The second-order valence-electron chi connectivity index (χ2n) is 4.64. The summed E-state index contributed by atoms with van der Waals surface area (Å²) in [4.78, 5) is 14.0. The van der Waals surface area contributed by atoms with Gasteiger partial charge in [-0.2, -0.15) is 11.8 Å². The number of rotatable bonds is 2. The molecule has 4 heteroatoms. The van der Waals surface area contributed by atoms with Crippen molar-refractivity contribution in [2.24, 2.45) is 0 Å². The summed E-state index contributed by atoms with van der Waals surface area (Å²) in [6, 6.07) is 4.80. The molecule has 0 N–H and O–H groups in total. The molecular weight excluding hydrogens is 249 g/mol. The monoisotopic (exact) mass is 267 g/mol. The van der Waals surface area contributed by atoms with E-state index in [0.29, 0.717) is 11.8 Å². The van der Waals surface area contributed by atoms with Gasteiger partial charge in [-0.3, -0.25) is 4.79 Å². The Morgan fingerprint density at radius 3 is 3.00 bits per heavy atom. The van der Waals surface area contributed by atoms with Crippen LogP contribution in [0.1, 0.15) is 29.3 Å². The number of amides is 1. The van der Waals surface area contributed by atoms with Gasteiger partial charge in [0.25, 0.3) is 5.91 Å². The summed E-state index contributed by atoms with van der Waals surface area (Å²) in [5.74, 6) is 0.357. The zero-order valence-electron chi connectivity index (χ0n) is 10.8. The quantitative estimate of drug-likeness (QED) is 0.820. The molecule has 2 rings (SSSR count). The minimum atomic E-state index is -0.411. The zero-order valence-corrected chi connectivity index (χ0v) is 11.6. The molecule has 1 aromatic carbocycles. The standard InChI is InChI=1S/C14H18FNOS/c1-3-11-9-16(6-7-18-11)14(17)12-5-4-10(2)8-13(12)15/h4-5,8,11H,3,6-7,9H2,1-2H3. The van der Waals surface area contributed by atoms with E-state index in [-0.39, 0.29) is 11.5 Å². The van der Waals surface area contributed by atoms with Gasteiger partial charge in [-0.15, -0.1) is 0 Å². The van der Waals surface area contributed by atoms with Crippen LogP contribution in [0, 0.1) is 12.7 Å². The third kappa shape index (κ3) is 2.86. The van der Waals surface area contributed by atoms with Crippen LogP contribution < -0.4 is 0 Å². The number of carbonyl (C=O) groups is 1. The molecule has 18 heavy (non-hydrogen) atoms. The third-order valence-corrected chi connectivity index (χ3v) is 4.61. The lowest BCUT2D eigenvalue weighted by molar-refractivity contribution is 0.0756. The summed E-state index contributed by atoms with van der Waals surface area (Å²) in [6.45, 7) is 5.39. The Hall–Kier alpha value is -1.03. The first kappa shape index (κ1) is 13.4. The number of nitrogens with zero attached hydrogens (tertiary/aromatic N) is 1. The molecule has 1 unspecified atom stereocenters. The topological polar surface area (TPSA) is 20.3 Å². The maximum atomic E-state index is 13.8. The average Bonchev–Trinajstić information content (AvgIpc) is 2.38. The number of thioether (sulfide) groups is 1. The van der Waals surface area contributed by atoms with E-state index in [1.165, 1.54) is 6.07 Å². The number of halogens is 1. The fraction of sp³-hybridized carbons (Fsp3) is 0.500. The second kappa shape index (κ2) is 5.74. The Labute approximate surface area is 112 Å². The molecule has 0 radical (unpaired) electrons. The molecule has 1 saturated heterocycles. The first-order valence-corrected chi connectivity index (χ1v) is 7.33. The molecule has 0 aromatic heterocycles. The van der Waals surface area contributed by atoms with Crippen LogP contribution in [0.3, 0.4) is 0 Å². The van der Waals surface area contributed by atoms with Crippen LogP contribution in [-0.4, -0.2) is 34.9 Å². The van der Waals surface area contributed by atoms with E-state index >= 15 is 0 Å². The smallest absolute Gasteiger partial charge is 0.256 e. The van der Waals surface area contributed by atoms with Crippen LogP contribution in [0.2, 0.25) is 0 Å². The van der Waals surface area contributed by atoms with Crippen molar-refractivity contribution >= 4 is 17.7 Å². The highest BCUT2D eigenvalue weighted by molar-refractivity contribution is 8.00. The van der Waals surface area contributed by atoms with Gasteiger partial charge < -0.3 is 4.90 Å². The van der Waals surface area contributed by atoms with Crippen molar-refractivity contribution in [2.75, 3.05) is 18.8 Å². The van der Waals surface area contributed by atoms with Crippen LogP contribution in [0.25, 0.3) is 0 Å². The minimum absolute atomic E-state index is 0.175. The number of hydrogen-bond donors (Lipinski definition) is 0. The lowest BCUT2D eigenvalue weighted by Gasteiger charge is -2.32. The molecule has 1 heterocycles. The summed E-state index contributed by atoms with van der Waals surface area (Å²) in [5, 5.41) is 0.483. The lowest BCUT2D eigenvalue weighted by Crippen LogP contribution is -2.42. The summed E-state index contributed by atoms with van der Waals surface area (Å²) in [6.07, 6.45) is 1.05. The Balaban J connectivity index is 2.15. The maximum absolute atomic E-state index is 13.8. The third-order valence-electron chi connectivity index (χ3n) is 3.24. The fourth-order valence-electron chi connectivity index (χ4n) is 2.11. The van der Waals surface area contributed by atoms with Crippen LogP contribution in [0.5, 0.6) is 0 Å². The molecule has 1 fully saturated rings. The Kier molecular flexibility index (Phi) is 4.27. The molecule has 1 atom stereocenters. The second-order valence-corrected chi connectivity index (χ2v) is 6.04. The van der Waals surface area contributed by atoms with Gasteiger partial charge in [-0.05, 0) is 31.0 Å². The van der Waals surface area contributed by atoms with E-state index in [0.717, 1.165) is 24.3 Å². The molecule has 1 amide bonds. The van der Waals surface area contributed by atoms with Crippen LogP contribution in [0.15, 0.2) is 18.2 Å². The molecule has 0 spiro atoms. The first-order valence-electron chi connectivity index (χ1n) is 6.29. The van der Waals surface area contributed by atoms with E-state index in [2.05, 4.69) is 6.92 Å². The highest BCUT2D eigenvalue weighted by Gasteiger charge is 2.25. The highest BCUT2D eigenvalue weighted by atomic mass is 32.2. The van der Waals surface area contributed by atoms with Crippen LogP contribution in [-0.2, 0) is 0 Å². The van der Waals surface area contributed by atoms with E-state index in [9.17, 15) is 9.18 Å². The molecule has 1 aromatic rings. The van der Waals surface area contributed by atoms with Crippen molar-refractivity contribution in [1.82, 2.24) is 4.90 Å². The van der Waals surface area contributed by atoms with Crippen LogP contribution in [0.4, 0.5) is 4.39 Å². The van der Waals surface area contributed by atoms with Gasteiger partial charge in [0.15, 0.2) is 0 Å². The fourth-order valence-corrected chi connectivity index (χ4v) is 3.29. The largest absolute Gasteiger partial charge is 0.337 e. The van der Waals surface area contributed by atoms with Gasteiger partial charge in [-0.1, -0.05) is 13.0 Å². The lowest BCUT2D eigenvalue weighted by atomic mass is 10.1.